The molecule has 0 unspecified atom stereocenters. The zero-order chi connectivity index (χ0) is 22.2. The van der Waals surface area contributed by atoms with E-state index in [1.807, 2.05) is 38.1 Å². The Morgan fingerprint density at radius 1 is 1.03 bits per heavy atom. The second kappa shape index (κ2) is 8.07. The summed E-state index contributed by atoms with van der Waals surface area (Å²) in [6.45, 7) is 3.61. The Hall–Kier alpha value is -3.32. The van der Waals surface area contributed by atoms with Crippen molar-refractivity contribution in [2.75, 3.05) is 23.3 Å². The fourth-order valence-corrected chi connectivity index (χ4v) is 5.46. The van der Waals surface area contributed by atoms with Crippen LogP contribution in [0, 0.1) is 6.92 Å². The minimum absolute atomic E-state index is 0.205. The molecule has 0 spiro atoms. The summed E-state index contributed by atoms with van der Waals surface area (Å²) in [4.78, 5) is 13.1. The molecule has 0 bridgehead atoms. The van der Waals surface area contributed by atoms with Gasteiger partial charge in [-0.2, -0.15) is 0 Å². The van der Waals surface area contributed by atoms with Crippen LogP contribution in [0.3, 0.4) is 0 Å². The number of anilines is 2. The number of methoxy groups -OCH3 is 1. The van der Waals surface area contributed by atoms with E-state index in [9.17, 15) is 13.2 Å². The zero-order valence-electron chi connectivity index (χ0n) is 17.7. The first kappa shape index (κ1) is 20.9. The second-order valence-corrected chi connectivity index (χ2v) is 9.30. The maximum absolute atomic E-state index is 13.4. The highest BCUT2D eigenvalue weighted by molar-refractivity contribution is 7.93. The van der Waals surface area contributed by atoms with E-state index in [4.69, 9.17) is 4.74 Å². The average molecular weight is 437 g/mol. The predicted octanol–water partition coefficient (Wildman–Crippen LogP) is 4.38. The largest absolute Gasteiger partial charge is 0.495 e. The Bertz CT molecular complexity index is 1270. The van der Waals surface area contributed by atoms with E-state index < -0.39 is 15.9 Å². The van der Waals surface area contributed by atoms with E-state index in [0.29, 0.717) is 22.7 Å². The number of sulfonamides is 1. The Balaban J connectivity index is 1.74. The van der Waals surface area contributed by atoms with Crippen molar-refractivity contribution in [3.63, 3.8) is 0 Å². The molecule has 3 aromatic carbocycles. The van der Waals surface area contributed by atoms with Gasteiger partial charge >= 0.3 is 0 Å². The van der Waals surface area contributed by atoms with Crippen molar-refractivity contribution < 1.29 is 17.9 Å². The van der Waals surface area contributed by atoms with Crippen LogP contribution < -0.4 is 14.4 Å². The van der Waals surface area contributed by atoms with Crippen LogP contribution in [0.4, 0.5) is 11.4 Å². The smallest absolute Gasteiger partial charge is 0.265 e. The number of carbonyl (C=O) groups excluding carboxylic acids is 1. The first-order valence-corrected chi connectivity index (χ1v) is 11.5. The SMILES string of the molecule is CCc1ccc2c(c1)-c1ccccc1S(=O)(=O)N2CC(=O)Nc1cc(C)ccc1OC. The fourth-order valence-electron chi connectivity index (χ4n) is 3.81. The number of fused-ring (bicyclic) bond motifs is 3. The van der Waals surface area contributed by atoms with E-state index in [-0.39, 0.29) is 11.4 Å². The lowest BCUT2D eigenvalue weighted by molar-refractivity contribution is -0.114. The van der Waals surface area contributed by atoms with Crippen molar-refractivity contribution in [1.82, 2.24) is 0 Å². The molecule has 7 heteroatoms. The monoisotopic (exact) mass is 436 g/mol. The summed E-state index contributed by atoms with van der Waals surface area (Å²) in [5.41, 5.74) is 4.52. The highest BCUT2D eigenvalue weighted by atomic mass is 32.2. The number of hydrogen-bond acceptors (Lipinski definition) is 4. The number of hydrogen-bond donors (Lipinski definition) is 1. The van der Waals surface area contributed by atoms with Crippen LogP contribution in [-0.4, -0.2) is 28.0 Å². The number of nitrogens with one attached hydrogen (secondary N) is 1. The third-order valence-electron chi connectivity index (χ3n) is 5.40. The normalized spacial score (nSPS) is 13.8. The molecular formula is C24H24N2O4S. The molecule has 1 N–H and O–H groups in total. The number of benzene rings is 3. The predicted molar refractivity (Wildman–Crippen MR) is 122 cm³/mol. The van der Waals surface area contributed by atoms with Crippen molar-refractivity contribution in [2.45, 2.75) is 25.2 Å². The average Bonchev–Trinajstić information content (AvgIpc) is 2.76. The first-order valence-electron chi connectivity index (χ1n) is 10.0. The number of amides is 1. The molecule has 0 aliphatic carbocycles. The number of aryl methyl sites for hydroxylation is 2. The van der Waals surface area contributed by atoms with E-state index in [2.05, 4.69) is 5.32 Å². The molecule has 160 valence electrons. The van der Waals surface area contributed by atoms with E-state index in [0.717, 1.165) is 23.1 Å². The van der Waals surface area contributed by atoms with Gasteiger partial charge in [-0.15, -0.1) is 0 Å². The lowest BCUT2D eigenvalue weighted by Gasteiger charge is -2.32. The van der Waals surface area contributed by atoms with Gasteiger partial charge in [0.2, 0.25) is 5.91 Å². The van der Waals surface area contributed by atoms with E-state index in [1.165, 1.54) is 11.4 Å². The summed E-state index contributed by atoms with van der Waals surface area (Å²) in [5.74, 6) is 0.0659. The Morgan fingerprint density at radius 3 is 2.55 bits per heavy atom. The lowest BCUT2D eigenvalue weighted by atomic mass is 9.99. The summed E-state index contributed by atoms with van der Waals surface area (Å²) in [6, 6.07) is 18.0. The summed E-state index contributed by atoms with van der Waals surface area (Å²) >= 11 is 0. The summed E-state index contributed by atoms with van der Waals surface area (Å²) in [5, 5.41) is 2.79. The van der Waals surface area contributed by atoms with Gasteiger partial charge in [-0.25, -0.2) is 8.42 Å². The van der Waals surface area contributed by atoms with Crippen molar-refractivity contribution in [3.05, 3.63) is 71.8 Å². The Morgan fingerprint density at radius 2 is 1.81 bits per heavy atom. The molecule has 6 nitrogen and oxygen atoms in total. The molecular weight excluding hydrogens is 412 g/mol. The van der Waals surface area contributed by atoms with Crippen LogP contribution in [0.1, 0.15) is 18.1 Å². The van der Waals surface area contributed by atoms with Crippen molar-refractivity contribution in [2.24, 2.45) is 0 Å². The van der Waals surface area contributed by atoms with Gasteiger partial charge in [0.25, 0.3) is 10.0 Å². The standard InChI is InChI=1S/C24H24N2O4S/c1-4-17-10-11-21-19(14-17)18-7-5-6-8-23(18)31(28,29)26(21)15-24(27)25-20-13-16(2)9-12-22(20)30-3/h5-14H,4,15H2,1-3H3,(H,25,27). The van der Waals surface area contributed by atoms with Gasteiger partial charge in [0.1, 0.15) is 12.3 Å². The van der Waals surface area contributed by atoms with E-state index in [1.54, 1.807) is 36.4 Å². The third-order valence-corrected chi connectivity index (χ3v) is 7.22. The molecule has 0 atom stereocenters. The quantitative estimate of drug-likeness (QED) is 0.644. The Kier molecular flexibility index (Phi) is 5.45. The maximum Gasteiger partial charge on any atom is 0.265 e. The maximum atomic E-state index is 13.4. The van der Waals surface area contributed by atoms with Crippen LogP contribution in [0.2, 0.25) is 0 Å². The fraction of sp³-hybridized carbons (Fsp3) is 0.208. The molecule has 4 rings (SSSR count). The molecule has 1 aliphatic rings. The van der Waals surface area contributed by atoms with Gasteiger partial charge in [-0.3, -0.25) is 9.10 Å². The summed E-state index contributed by atoms with van der Waals surface area (Å²) in [7, 11) is -2.36. The van der Waals surface area contributed by atoms with Crippen molar-refractivity contribution in [1.29, 1.82) is 0 Å². The molecule has 1 amide bonds. The van der Waals surface area contributed by atoms with Gasteiger partial charge in [-0.1, -0.05) is 37.3 Å². The highest BCUT2D eigenvalue weighted by Crippen LogP contribution is 2.43. The first-order chi connectivity index (χ1) is 14.8. The topological polar surface area (TPSA) is 75.7 Å². The molecule has 31 heavy (non-hydrogen) atoms. The molecule has 0 aromatic heterocycles. The highest BCUT2D eigenvalue weighted by Gasteiger charge is 2.36. The van der Waals surface area contributed by atoms with Crippen LogP contribution in [-0.2, 0) is 21.2 Å². The number of nitrogens with zero attached hydrogens (tertiary/aromatic N) is 1. The number of carbonyl (C=O) groups is 1. The van der Waals surface area contributed by atoms with E-state index >= 15 is 0 Å². The zero-order valence-corrected chi connectivity index (χ0v) is 18.5. The van der Waals surface area contributed by atoms with Crippen LogP contribution >= 0.6 is 0 Å². The lowest BCUT2D eigenvalue weighted by Crippen LogP contribution is -2.40. The molecule has 0 fully saturated rings. The van der Waals surface area contributed by atoms with Gasteiger partial charge in [0, 0.05) is 11.1 Å². The molecule has 1 heterocycles. The van der Waals surface area contributed by atoms with Gasteiger partial charge in [0.15, 0.2) is 0 Å². The van der Waals surface area contributed by atoms with Crippen LogP contribution in [0.15, 0.2) is 65.6 Å². The number of rotatable bonds is 5. The van der Waals surface area contributed by atoms with Crippen LogP contribution in [0.5, 0.6) is 5.75 Å². The molecule has 1 aliphatic heterocycles. The van der Waals surface area contributed by atoms with Crippen molar-refractivity contribution in [3.8, 4) is 16.9 Å². The van der Waals surface area contributed by atoms with Gasteiger partial charge in [-0.05, 0) is 54.8 Å². The minimum atomic E-state index is -3.89. The number of ether oxygens (including phenoxy) is 1. The molecule has 0 saturated heterocycles. The molecule has 3 aromatic rings. The Labute approximate surface area is 182 Å². The van der Waals surface area contributed by atoms with Crippen molar-refractivity contribution >= 4 is 27.3 Å². The van der Waals surface area contributed by atoms with Gasteiger partial charge in [0.05, 0.1) is 23.4 Å². The third kappa shape index (κ3) is 3.77. The van der Waals surface area contributed by atoms with Crippen LogP contribution in [0.25, 0.3) is 11.1 Å². The summed E-state index contributed by atoms with van der Waals surface area (Å²) < 4.78 is 33.3. The second-order valence-electron chi connectivity index (χ2n) is 7.46. The molecule has 0 saturated carbocycles. The minimum Gasteiger partial charge on any atom is -0.495 e. The van der Waals surface area contributed by atoms with Gasteiger partial charge < -0.3 is 10.1 Å². The summed E-state index contributed by atoms with van der Waals surface area (Å²) in [6.07, 6.45) is 0.829. The molecule has 0 radical (unpaired) electrons.